The summed E-state index contributed by atoms with van der Waals surface area (Å²) < 4.78 is 5.04. The van der Waals surface area contributed by atoms with Crippen molar-refractivity contribution in [3.05, 3.63) is 29.8 Å². The Kier molecular flexibility index (Phi) is 4.71. The minimum absolute atomic E-state index is 0.0196. The molecule has 1 aliphatic carbocycles. The average Bonchev–Trinajstić information content (AvgIpc) is 3.17. The number of methoxy groups -OCH3 is 1. The first-order valence-corrected chi connectivity index (χ1v) is 9.48. The summed E-state index contributed by atoms with van der Waals surface area (Å²) in [7, 11) is 1.51. The monoisotopic (exact) mass is 358 g/mol. The molecule has 3 atom stereocenters. The zero-order valence-electron chi connectivity index (χ0n) is 15.1. The van der Waals surface area contributed by atoms with Gasteiger partial charge in [0.05, 0.1) is 18.7 Å². The van der Waals surface area contributed by atoms with Gasteiger partial charge in [-0.2, -0.15) is 0 Å². The van der Waals surface area contributed by atoms with E-state index in [1.54, 1.807) is 4.90 Å². The van der Waals surface area contributed by atoms with E-state index in [4.69, 9.17) is 4.74 Å². The molecule has 2 amide bonds. The Morgan fingerprint density at radius 3 is 2.65 bits per heavy atom. The number of carbonyl (C=O) groups is 2. The van der Waals surface area contributed by atoms with Crippen LogP contribution in [0.25, 0.3) is 0 Å². The minimum atomic E-state index is -0.186. The fourth-order valence-corrected chi connectivity index (χ4v) is 5.01. The van der Waals surface area contributed by atoms with Gasteiger partial charge in [-0.25, -0.2) is 0 Å². The number of likely N-dealkylation sites (tertiary alicyclic amines) is 1. The predicted molar refractivity (Wildman–Crippen MR) is 96.9 cm³/mol. The van der Waals surface area contributed by atoms with Crippen LogP contribution in [0, 0.1) is 5.92 Å². The summed E-state index contributed by atoms with van der Waals surface area (Å²) in [5, 5.41) is 9.98. The van der Waals surface area contributed by atoms with Crippen LogP contribution in [0.5, 0.6) is 0 Å². The van der Waals surface area contributed by atoms with Crippen LogP contribution < -0.4 is 4.90 Å². The molecule has 1 saturated carbocycles. The number of fused-ring (bicyclic) bond motifs is 3. The molecule has 0 unspecified atom stereocenters. The molecule has 3 aliphatic rings. The van der Waals surface area contributed by atoms with E-state index < -0.39 is 0 Å². The van der Waals surface area contributed by atoms with Gasteiger partial charge in [-0.15, -0.1) is 0 Å². The van der Waals surface area contributed by atoms with Crippen molar-refractivity contribution in [2.24, 2.45) is 5.92 Å². The van der Waals surface area contributed by atoms with Gasteiger partial charge >= 0.3 is 0 Å². The van der Waals surface area contributed by atoms with Crippen molar-refractivity contribution in [3.8, 4) is 0 Å². The van der Waals surface area contributed by atoms with Crippen LogP contribution in [0.2, 0.25) is 0 Å². The minimum Gasteiger partial charge on any atom is -0.394 e. The molecule has 0 spiro atoms. The first kappa shape index (κ1) is 17.5. The quantitative estimate of drug-likeness (QED) is 0.886. The Hall–Kier alpha value is -1.92. The molecule has 1 saturated heterocycles. The molecule has 6 nitrogen and oxygen atoms in total. The van der Waals surface area contributed by atoms with Crippen molar-refractivity contribution in [1.29, 1.82) is 0 Å². The van der Waals surface area contributed by atoms with E-state index in [-0.39, 0.29) is 48.9 Å². The van der Waals surface area contributed by atoms with Crippen molar-refractivity contribution in [3.63, 3.8) is 0 Å². The maximum atomic E-state index is 13.1. The lowest BCUT2D eigenvalue weighted by molar-refractivity contribution is -0.155. The molecule has 1 aromatic carbocycles. The van der Waals surface area contributed by atoms with Crippen LogP contribution in [-0.2, 0) is 14.3 Å². The second-order valence-electron chi connectivity index (χ2n) is 7.57. The summed E-state index contributed by atoms with van der Waals surface area (Å²) in [6.45, 7) is 0.449. The highest BCUT2D eigenvalue weighted by Crippen LogP contribution is 2.49. The van der Waals surface area contributed by atoms with Crippen LogP contribution in [0.4, 0.5) is 5.69 Å². The number of hydrogen-bond acceptors (Lipinski definition) is 4. The lowest BCUT2D eigenvalue weighted by atomic mass is 9.71. The number of rotatable bonds is 4. The summed E-state index contributed by atoms with van der Waals surface area (Å²) >= 11 is 0. The SMILES string of the molecule is COCC(=O)N1C[C@H]2[C@@H](c3ccccc31)[C@H](CO)N2C(=O)C1CCCC1. The van der Waals surface area contributed by atoms with E-state index >= 15 is 0 Å². The second kappa shape index (κ2) is 7.00. The Morgan fingerprint density at radius 1 is 1.23 bits per heavy atom. The van der Waals surface area contributed by atoms with E-state index in [1.165, 1.54) is 7.11 Å². The number of hydrogen-bond donors (Lipinski definition) is 1. The molecule has 0 bridgehead atoms. The molecule has 140 valence electrons. The first-order chi connectivity index (χ1) is 12.7. The zero-order chi connectivity index (χ0) is 18.3. The second-order valence-corrected chi connectivity index (χ2v) is 7.57. The molecule has 2 fully saturated rings. The number of ether oxygens (including phenoxy) is 1. The summed E-state index contributed by atoms with van der Waals surface area (Å²) in [5.41, 5.74) is 1.92. The fourth-order valence-electron chi connectivity index (χ4n) is 5.01. The molecule has 1 N–H and O–H groups in total. The molecule has 4 rings (SSSR count). The van der Waals surface area contributed by atoms with Gasteiger partial charge in [0.1, 0.15) is 6.61 Å². The van der Waals surface area contributed by atoms with E-state index in [0.717, 1.165) is 36.9 Å². The molecule has 26 heavy (non-hydrogen) atoms. The van der Waals surface area contributed by atoms with Crippen molar-refractivity contribution < 1.29 is 19.4 Å². The average molecular weight is 358 g/mol. The van der Waals surface area contributed by atoms with E-state index in [0.29, 0.717) is 6.54 Å². The predicted octanol–water partition coefficient (Wildman–Crippen LogP) is 1.53. The highest BCUT2D eigenvalue weighted by atomic mass is 16.5. The highest BCUT2D eigenvalue weighted by Gasteiger charge is 2.56. The van der Waals surface area contributed by atoms with Crippen LogP contribution in [0.3, 0.4) is 0 Å². The zero-order valence-corrected chi connectivity index (χ0v) is 15.1. The topological polar surface area (TPSA) is 70.1 Å². The third kappa shape index (κ3) is 2.63. The molecular formula is C20H26N2O4. The summed E-state index contributed by atoms with van der Waals surface area (Å²) in [4.78, 5) is 29.2. The largest absolute Gasteiger partial charge is 0.394 e. The first-order valence-electron chi connectivity index (χ1n) is 9.48. The van der Waals surface area contributed by atoms with Gasteiger partial charge in [-0.05, 0) is 24.5 Å². The Bertz CT molecular complexity index is 701. The standard InChI is InChI=1S/C20H26N2O4/c1-26-12-18(24)21-10-16-19(14-8-4-5-9-15(14)21)17(11-23)22(16)20(25)13-6-2-3-7-13/h4-5,8-9,13,16-17,19,23H,2-3,6-7,10-12H2,1H3/t16-,17-,19+/m0/s1. The lowest BCUT2D eigenvalue weighted by Gasteiger charge is -2.59. The molecular weight excluding hydrogens is 332 g/mol. The molecule has 2 heterocycles. The number of benzene rings is 1. The maximum absolute atomic E-state index is 13.1. The Morgan fingerprint density at radius 2 is 1.96 bits per heavy atom. The van der Waals surface area contributed by atoms with Gasteiger partial charge in [0.25, 0.3) is 5.91 Å². The Labute approximate surface area is 153 Å². The van der Waals surface area contributed by atoms with Gasteiger partial charge < -0.3 is 19.6 Å². The van der Waals surface area contributed by atoms with Crippen molar-refractivity contribution in [2.75, 3.05) is 31.8 Å². The number of nitrogens with zero attached hydrogens (tertiary/aromatic N) is 2. The van der Waals surface area contributed by atoms with E-state index in [2.05, 4.69) is 0 Å². The maximum Gasteiger partial charge on any atom is 0.253 e. The van der Waals surface area contributed by atoms with E-state index in [9.17, 15) is 14.7 Å². The molecule has 0 radical (unpaired) electrons. The molecule has 0 aromatic heterocycles. The van der Waals surface area contributed by atoms with Crippen LogP contribution in [-0.4, -0.2) is 60.8 Å². The number of anilines is 1. The smallest absolute Gasteiger partial charge is 0.253 e. The fraction of sp³-hybridized carbons (Fsp3) is 0.600. The van der Waals surface area contributed by atoms with E-state index in [1.807, 2.05) is 29.2 Å². The normalized spacial score (nSPS) is 27.7. The Balaban J connectivity index is 1.66. The number of aliphatic hydroxyl groups is 1. The third-order valence-corrected chi connectivity index (χ3v) is 6.21. The summed E-state index contributed by atoms with van der Waals surface area (Å²) in [6, 6.07) is 7.58. The van der Waals surface area contributed by atoms with Crippen molar-refractivity contribution in [1.82, 2.24) is 4.90 Å². The molecule has 1 aromatic rings. The van der Waals surface area contributed by atoms with Crippen molar-refractivity contribution in [2.45, 2.75) is 43.7 Å². The number of amides is 2. The number of para-hydroxylation sites is 1. The van der Waals surface area contributed by atoms with Crippen molar-refractivity contribution >= 4 is 17.5 Å². The van der Waals surface area contributed by atoms with Gasteiger partial charge in [0.2, 0.25) is 5.91 Å². The van der Waals surface area contributed by atoms with Gasteiger partial charge in [-0.1, -0.05) is 31.0 Å². The van der Waals surface area contributed by atoms with Gasteiger partial charge in [0, 0.05) is 31.2 Å². The number of carbonyl (C=O) groups excluding carboxylic acids is 2. The van der Waals surface area contributed by atoms with Gasteiger partial charge in [-0.3, -0.25) is 9.59 Å². The molecule has 2 aliphatic heterocycles. The summed E-state index contributed by atoms with van der Waals surface area (Å²) in [6.07, 6.45) is 4.08. The van der Waals surface area contributed by atoms with Crippen LogP contribution >= 0.6 is 0 Å². The highest BCUT2D eigenvalue weighted by molar-refractivity contribution is 5.96. The lowest BCUT2D eigenvalue weighted by Crippen LogP contribution is -2.71. The van der Waals surface area contributed by atoms with Gasteiger partial charge in [0.15, 0.2) is 0 Å². The third-order valence-electron chi connectivity index (χ3n) is 6.21. The van der Waals surface area contributed by atoms with Crippen LogP contribution in [0.1, 0.15) is 37.2 Å². The summed E-state index contributed by atoms with van der Waals surface area (Å²) in [5.74, 6) is 0.221. The molecule has 6 heteroatoms. The van der Waals surface area contributed by atoms with Crippen LogP contribution in [0.15, 0.2) is 24.3 Å². The number of aliphatic hydroxyl groups excluding tert-OH is 1.